The number of nitrogens with one attached hydrogen (secondary N) is 1. The van der Waals surface area contributed by atoms with E-state index in [4.69, 9.17) is 0 Å². The van der Waals surface area contributed by atoms with Gasteiger partial charge in [0.1, 0.15) is 11.4 Å². The predicted octanol–water partition coefficient (Wildman–Crippen LogP) is 4.44. The van der Waals surface area contributed by atoms with Crippen LogP contribution >= 0.6 is 0 Å². The van der Waals surface area contributed by atoms with Crippen LogP contribution in [-0.2, 0) is 13.0 Å². The molecule has 1 aromatic heterocycles. The van der Waals surface area contributed by atoms with Gasteiger partial charge in [0.2, 0.25) is 0 Å². The summed E-state index contributed by atoms with van der Waals surface area (Å²) in [5.41, 5.74) is 4.03. The molecule has 0 saturated heterocycles. The van der Waals surface area contributed by atoms with Gasteiger partial charge in [-0.2, -0.15) is 0 Å². The van der Waals surface area contributed by atoms with Crippen molar-refractivity contribution in [2.75, 3.05) is 5.32 Å². The van der Waals surface area contributed by atoms with Crippen LogP contribution in [0.1, 0.15) is 43.1 Å². The van der Waals surface area contributed by atoms with Crippen molar-refractivity contribution in [2.45, 2.75) is 46.1 Å². The smallest absolute Gasteiger partial charge is 0.138 e. The summed E-state index contributed by atoms with van der Waals surface area (Å²) >= 11 is 0. The monoisotopic (exact) mass is 284 g/mol. The fourth-order valence-corrected chi connectivity index (χ4v) is 2.29. The molecule has 0 aliphatic rings. The largest absolute Gasteiger partial charge is 0.506 e. The maximum absolute atomic E-state index is 9.78. The van der Waals surface area contributed by atoms with Crippen LogP contribution in [-0.4, -0.2) is 10.1 Å². The van der Waals surface area contributed by atoms with Gasteiger partial charge in [0.05, 0.1) is 6.54 Å². The van der Waals surface area contributed by atoms with Crippen molar-refractivity contribution >= 4 is 5.69 Å². The molecule has 112 valence electrons. The van der Waals surface area contributed by atoms with E-state index >= 15 is 0 Å². The lowest BCUT2D eigenvalue weighted by Crippen LogP contribution is -2.03. The molecule has 3 nitrogen and oxygen atoms in total. The van der Waals surface area contributed by atoms with Crippen molar-refractivity contribution in [3.05, 3.63) is 53.3 Å². The zero-order chi connectivity index (χ0) is 15.1. The van der Waals surface area contributed by atoms with Crippen LogP contribution in [0.25, 0.3) is 0 Å². The van der Waals surface area contributed by atoms with Gasteiger partial charge in [-0.15, -0.1) is 0 Å². The summed E-state index contributed by atoms with van der Waals surface area (Å²) in [4.78, 5) is 4.34. The number of aromatic hydroxyl groups is 1. The highest BCUT2D eigenvalue weighted by Gasteiger charge is 2.03. The molecule has 0 bridgehead atoms. The number of pyridine rings is 1. The molecule has 0 saturated carbocycles. The first-order valence-electron chi connectivity index (χ1n) is 7.67. The molecule has 2 aromatic rings. The van der Waals surface area contributed by atoms with Crippen LogP contribution < -0.4 is 5.32 Å². The second-order valence-corrected chi connectivity index (χ2v) is 5.43. The molecule has 0 atom stereocenters. The first-order chi connectivity index (χ1) is 10.2. The van der Waals surface area contributed by atoms with Crippen LogP contribution in [0.2, 0.25) is 0 Å². The van der Waals surface area contributed by atoms with Gasteiger partial charge in [-0.3, -0.25) is 4.98 Å². The van der Waals surface area contributed by atoms with Gasteiger partial charge < -0.3 is 10.4 Å². The Hall–Kier alpha value is -2.03. The molecular weight excluding hydrogens is 260 g/mol. The lowest BCUT2D eigenvalue weighted by Gasteiger charge is -2.09. The Morgan fingerprint density at radius 3 is 2.52 bits per heavy atom. The van der Waals surface area contributed by atoms with Crippen LogP contribution in [0.15, 0.2) is 36.4 Å². The summed E-state index contributed by atoms with van der Waals surface area (Å²) in [7, 11) is 0. The van der Waals surface area contributed by atoms with E-state index in [0.717, 1.165) is 17.8 Å². The quantitative estimate of drug-likeness (QED) is 0.739. The highest BCUT2D eigenvalue weighted by atomic mass is 16.3. The van der Waals surface area contributed by atoms with Gasteiger partial charge in [0.25, 0.3) is 0 Å². The van der Waals surface area contributed by atoms with E-state index in [1.54, 1.807) is 6.07 Å². The highest BCUT2D eigenvalue weighted by Crippen LogP contribution is 2.17. The zero-order valence-electron chi connectivity index (χ0n) is 12.9. The molecule has 3 heteroatoms. The van der Waals surface area contributed by atoms with Crippen molar-refractivity contribution < 1.29 is 5.11 Å². The molecule has 1 heterocycles. The molecule has 0 unspecified atom stereocenters. The standard InChI is InChI=1S/C18H24N2O/c1-3-4-5-6-15-8-10-16(11-9-15)19-13-17-18(21)12-7-14(2)20-17/h7-12,19,21H,3-6,13H2,1-2H3. The molecule has 2 rings (SSSR count). The zero-order valence-corrected chi connectivity index (χ0v) is 12.9. The fourth-order valence-electron chi connectivity index (χ4n) is 2.29. The second kappa shape index (κ2) is 7.67. The number of rotatable bonds is 7. The molecule has 1 aromatic carbocycles. The summed E-state index contributed by atoms with van der Waals surface area (Å²) in [6, 6.07) is 12.0. The highest BCUT2D eigenvalue weighted by molar-refractivity contribution is 5.45. The molecule has 2 N–H and O–H groups in total. The summed E-state index contributed by atoms with van der Waals surface area (Å²) in [6.07, 6.45) is 4.95. The van der Waals surface area contributed by atoms with E-state index in [2.05, 4.69) is 41.5 Å². The molecule has 0 amide bonds. The molecule has 21 heavy (non-hydrogen) atoms. The minimum Gasteiger partial charge on any atom is -0.506 e. The van der Waals surface area contributed by atoms with Crippen molar-refractivity contribution in [1.82, 2.24) is 4.98 Å². The first-order valence-corrected chi connectivity index (χ1v) is 7.67. The summed E-state index contributed by atoms with van der Waals surface area (Å²) in [5.74, 6) is 0.240. The molecule has 0 fully saturated rings. The third-order valence-electron chi connectivity index (χ3n) is 3.57. The SMILES string of the molecule is CCCCCc1ccc(NCc2nc(C)ccc2O)cc1. The van der Waals surface area contributed by atoms with E-state index in [1.165, 1.54) is 24.8 Å². The Morgan fingerprint density at radius 2 is 1.81 bits per heavy atom. The molecule has 0 spiro atoms. The number of aryl methyl sites for hydroxylation is 2. The number of unbranched alkanes of at least 4 members (excludes halogenated alkanes) is 2. The molecule has 0 aliphatic heterocycles. The molecular formula is C18H24N2O. The minimum atomic E-state index is 0.240. The van der Waals surface area contributed by atoms with Gasteiger partial charge >= 0.3 is 0 Å². The normalized spacial score (nSPS) is 10.6. The first kappa shape index (κ1) is 15.4. The third kappa shape index (κ3) is 4.78. The van der Waals surface area contributed by atoms with E-state index in [9.17, 15) is 5.11 Å². The van der Waals surface area contributed by atoms with Crippen molar-refractivity contribution in [3.63, 3.8) is 0 Å². The Bertz CT molecular complexity index is 564. The van der Waals surface area contributed by atoms with Crippen LogP contribution in [0.4, 0.5) is 5.69 Å². The Labute approximate surface area is 127 Å². The van der Waals surface area contributed by atoms with Gasteiger partial charge in [0.15, 0.2) is 0 Å². The summed E-state index contributed by atoms with van der Waals surface area (Å²) in [5, 5.41) is 13.1. The van der Waals surface area contributed by atoms with Gasteiger partial charge in [-0.1, -0.05) is 31.9 Å². The van der Waals surface area contributed by atoms with Crippen LogP contribution in [0, 0.1) is 6.92 Å². The van der Waals surface area contributed by atoms with Crippen molar-refractivity contribution in [3.8, 4) is 5.75 Å². The van der Waals surface area contributed by atoms with E-state index < -0.39 is 0 Å². The lowest BCUT2D eigenvalue weighted by molar-refractivity contribution is 0.464. The molecule has 0 aliphatic carbocycles. The predicted molar refractivity (Wildman–Crippen MR) is 87.6 cm³/mol. The Kier molecular flexibility index (Phi) is 5.61. The summed E-state index contributed by atoms with van der Waals surface area (Å²) in [6.45, 7) is 4.68. The topological polar surface area (TPSA) is 45.2 Å². The van der Waals surface area contributed by atoms with Gasteiger partial charge in [0, 0.05) is 11.4 Å². The maximum atomic E-state index is 9.78. The average Bonchev–Trinajstić information content (AvgIpc) is 2.50. The van der Waals surface area contributed by atoms with Gasteiger partial charge in [-0.25, -0.2) is 0 Å². The maximum Gasteiger partial charge on any atom is 0.138 e. The van der Waals surface area contributed by atoms with E-state index in [1.807, 2.05) is 13.0 Å². The number of aromatic nitrogens is 1. The molecule has 0 radical (unpaired) electrons. The number of nitrogens with zero attached hydrogens (tertiary/aromatic N) is 1. The summed E-state index contributed by atoms with van der Waals surface area (Å²) < 4.78 is 0. The number of hydrogen-bond acceptors (Lipinski definition) is 3. The Morgan fingerprint density at radius 1 is 1.05 bits per heavy atom. The number of benzene rings is 1. The van der Waals surface area contributed by atoms with Crippen LogP contribution in [0.5, 0.6) is 5.75 Å². The lowest BCUT2D eigenvalue weighted by atomic mass is 10.1. The van der Waals surface area contributed by atoms with E-state index in [-0.39, 0.29) is 5.75 Å². The average molecular weight is 284 g/mol. The van der Waals surface area contributed by atoms with Crippen molar-refractivity contribution in [2.24, 2.45) is 0 Å². The van der Waals surface area contributed by atoms with E-state index in [0.29, 0.717) is 12.2 Å². The fraction of sp³-hybridized carbons (Fsp3) is 0.389. The van der Waals surface area contributed by atoms with Crippen molar-refractivity contribution in [1.29, 1.82) is 0 Å². The van der Waals surface area contributed by atoms with Gasteiger partial charge in [-0.05, 0) is 49.6 Å². The Balaban J connectivity index is 1.90. The third-order valence-corrected chi connectivity index (χ3v) is 3.57. The minimum absolute atomic E-state index is 0.240. The number of anilines is 1. The second-order valence-electron chi connectivity index (χ2n) is 5.43. The number of hydrogen-bond donors (Lipinski definition) is 2. The van der Waals surface area contributed by atoms with Crippen LogP contribution in [0.3, 0.4) is 0 Å².